The second-order valence-corrected chi connectivity index (χ2v) is 6.09. The fourth-order valence-electron chi connectivity index (χ4n) is 2.18. The van der Waals surface area contributed by atoms with Gasteiger partial charge in [-0.1, -0.05) is 40.9 Å². The van der Waals surface area contributed by atoms with Crippen molar-refractivity contribution in [2.75, 3.05) is 10.2 Å². The average molecular weight is 386 g/mol. The lowest BCUT2D eigenvalue weighted by molar-refractivity contribution is -0.120. The monoisotopic (exact) mass is 384 g/mol. The van der Waals surface area contributed by atoms with Gasteiger partial charge in [0.05, 0.1) is 10.7 Å². The van der Waals surface area contributed by atoms with E-state index >= 15 is 0 Å². The van der Waals surface area contributed by atoms with Gasteiger partial charge in [0, 0.05) is 10.7 Å². The van der Waals surface area contributed by atoms with E-state index < -0.39 is 17.6 Å². The molecule has 1 aliphatic heterocycles. The van der Waals surface area contributed by atoms with E-state index in [1.54, 1.807) is 24.3 Å². The number of benzene rings is 2. The molecule has 0 saturated heterocycles. The number of carbonyl (C=O) groups is 2. The Kier molecular flexibility index (Phi) is 4.49. The van der Waals surface area contributed by atoms with Gasteiger partial charge in [0.15, 0.2) is 0 Å². The molecule has 1 N–H and O–H groups in total. The smallest absolute Gasteiger partial charge is 0.283 e. The van der Waals surface area contributed by atoms with Crippen LogP contribution in [-0.4, -0.2) is 11.8 Å². The van der Waals surface area contributed by atoms with E-state index in [-0.39, 0.29) is 21.4 Å². The van der Waals surface area contributed by atoms with Gasteiger partial charge in [-0.25, -0.2) is 9.29 Å². The van der Waals surface area contributed by atoms with Gasteiger partial charge < -0.3 is 5.32 Å². The van der Waals surface area contributed by atoms with E-state index in [2.05, 4.69) is 5.32 Å². The molecule has 0 fully saturated rings. The summed E-state index contributed by atoms with van der Waals surface area (Å²) in [4.78, 5) is 25.7. The van der Waals surface area contributed by atoms with Crippen LogP contribution in [0.1, 0.15) is 0 Å². The van der Waals surface area contributed by atoms with Gasteiger partial charge in [0.2, 0.25) is 0 Å². The third-order valence-electron chi connectivity index (χ3n) is 3.28. The van der Waals surface area contributed by atoms with E-state index in [0.717, 1.165) is 11.0 Å². The van der Waals surface area contributed by atoms with E-state index in [1.807, 2.05) is 0 Å². The van der Waals surface area contributed by atoms with Crippen LogP contribution in [0.5, 0.6) is 0 Å². The predicted octanol–water partition coefficient (Wildman–Crippen LogP) is 4.57. The van der Waals surface area contributed by atoms with Crippen LogP contribution < -0.4 is 10.2 Å². The number of rotatable bonds is 3. The molecule has 0 bridgehead atoms. The van der Waals surface area contributed by atoms with E-state index in [1.165, 1.54) is 12.1 Å². The molecule has 0 spiro atoms. The number of carbonyl (C=O) groups excluding carboxylic acids is 2. The molecule has 0 unspecified atom stereocenters. The van der Waals surface area contributed by atoms with Gasteiger partial charge in [0.1, 0.15) is 16.5 Å². The molecule has 24 heavy (non-hydrogen) atoms. The second kappa shape index (κ2) is 6.43. The first-order valence-electron chi connectivity index (χ1n) is 6.64. The summed E-state index contributed by atoms with van der Waals surface area (Å²) < 4.78 is 13.3. The Morgan fingerprint density at radius 2 is 1.71 bits per heavy atom. The van der Waals surface area contributed by atoms with Crippen molar-refractivity contribution in [1.82, 2.24) is 0 Å². The quantitative estimate of drug-likeness (QED) is 0.788. The Labute approximate surface area is 151 Å². The zero-order valence-corrected chi connectivity index (χ0v) is 14.1. The van der Waals surface area contributed by atoms with Crippen molar-refractivity contribution in [3.8, 4) is 0 Å². The van der Waals surface area contributed by atoms with Crippen LogP contribution in [-0.2, 0) is 9.59 Å². The summed E-state index contributed by atoms with van der Waals surface area (Å²) >= 11 is 17.6. The molecule has 122 valence electrons. The highest BCUT2D eigenvalue weighted by Crippen LogP contribution is 2.32. The largest absolute Gasteiger partial charge is 0.350 e. The number of amides is 2. The highest BCUT2D eigenvalue weighted by molar-refractivity contribution is 6.53. The molecular weight excluding hydrogens is 378 g/mol. The van der Waals surface area contributed by atoms with Gasteiger partial charge in [-0.15, -0.1) is 0 Å². The lowest BCUT2D eigenvalue weighted by Gasteiger charge is -2.15. The number of imide groups is 1. The minimum Gasteiger partial charge on any atom is -0.350 e. The highest BCUT2D eigenvalue weighted by atomic mass is 35.5. The van der Waals surface area contributed by atoms with E-state index in [9.17, 15) is 14.0 Å². The van der Waals surface area contributed by atoms with Crippen LogP contribution in [0.2, 0.25) is 10.0 Å². The Hall–Kier alpha value is -2.08. The fraction of sp³-hybridized carbons (Fsp3) is 0. The molecule has 2 aromatic rings. The van der Waals surface area contributed by atoms with Crippen molar-refractivity contribution in [2.24, 2.45) is 0 Å². The van der Waals surface area contributed by atoms with Crippen LogP contribution >= 0.6 is 34.8 Å². The fourth-order valence-corrected chi connectivity index (χ4v) is 2.76. The maximum absolute atomic E-state index is 13.3. The van der Waals surface area contributed by atoms with Crippen molar-refractivity contribution in [3.05, 3.63) is 69.1 Å². The van der Waals surface area contributed by atoms with Crippen molar-refractivity contribution in [3.63, 3.8) is 0 Å². The van der Waals surface area contributed by atoms with Gasteiger partial charge in [0.25, 0.3) is 11.8 Å². The third kappa shape index (κ3) is 2.98. The molecule has 0 aromatic heterocycles. The first-order chi connectivity index (χ1) is 11.4. The maximum atomic E-state index is 13.3. The van der Waals surface area contributed by atoms with Gasteiger partial charge in [-0.05, 0) is 36.4 Å². The molecule has 2 aromatic carbocycles. The lowest BCUT2D eigenvalue weighted by atomic mass is 10.2. The van der Waals surface area contributed by atoms with Crippen molar-refractivity contribution in [2.45, 2.75) is 0 Å². The van der Waals surface area contributed by atoms with Gasteiger partial charge in [-0.3, -0.25) is 9.59 Å². The van der Waals surface area contributed by atoms with Crippen LogP contribution in [0.4, 0.5) is 15.8 Å². The Morgan fingerprint density at radius 1 is 0.958 bits per heavy atom. The van der Waals surface area contributed by atoms with Gasteiger partial charge in [-0.2, -0.15) is 0 Å². The van der Waals surface area contributed by atoms with Crippen LogP contribution in [0.25, 0.3) is 0 Å². The molecule has 0 saturated carbocycles. The molecular formula is C16H8Cl3FN2O2. The minimum atomic E-state index is -0.728. The second-order valence-electron chi connectivity index (χ2n) is 4.87. The zero-order valence-electron chi connectivity index (χ0n) is 11.8. The van der Waals surface area contributed by atoms with E-state index in [0.29, 0.717) is 10.7 Å². The molecule has 8 heteroatoms. The summed E-state index contributed by atoms with van der Waals surface area (Å²) in [5.74, 6) is -2.06. The maximum Gasteiger partial charge on any atom is 0.283 e. The lowest BCUT2D eigenvalue weighted by Crippen LogP contribution is -2.32. The van der Waals surface area contributed by atoms with Crippen LogP contribution in [0, 0.1) is 5.82 Å². The summed E-state index contributed by atoms with van der Waals surface area (Å²) in [6.45, 7) is 0. The number of hydrogen-bond acceptors (Lipinski definition) is 3. The van der Waals surface area contributed by atoms with Crippen molar-refractivity contribution in [1.29, 1.82) is 0 Å². The summed E-state index contributed by atoms with van der Waals surface area (Å²) in [5.41, 5.74) is 0.526. The molecule has 3 rings (SSSR count). The average Bonchev–Trinajstić information content (AvgIpc) is 2.74. The SMILES string of the molecule is O=C1C(Cl)=C(Nc2cccc(Cl)c2)C(=O)N1c1ccc(F)c(Cl)c1. The molecule has 1 aliphatic rings. The number of hydrogen-bond donors (Lipinski definition) is 1. The summed E-state index contributed by atoms with van der Waals surface area (Å²) in [6, 6.07) is 10.1. The van der Waals surface area contributed by atoms with Crippen LogP contribution in [0.15, 0.2) is 53.2 Å². The Balaban J connectivity index is 1.94. The van der Waals surface area contributed by atoms with Crippen molar-refractivity contribution >= 4 is 58.0 Å². The summed E-state index contributed by atoms with van der Waals surface area (Å²) in [6.07, 6.45) is 0. The summed E-state index contributed by atoms with van der Waals surface area (Å²) in [7, 11) is 0. The molecule has 1 heterocycles. The van der Waals surface area contributed by atoms with Crippen molar-refractivity contribution < 1.29 is 14.0 Å². The Morgan fingerprint density at radius 3 is 2.38 bits per heavy atom. The molecule has 0 radical (unpaired) electrons. The number of nitrogens with one attached hydrogen (secondary N) is 1. The first-order valence-corrected chi connectivity index (χ1v) is 7.78. The van der Waals surface area contributed by atoms with Gasteiger partial charge >= 0.3 is 0 Å². The predicted molar refractivity (Wildman–Crippen MR) is 91.9 cm³/mol. The summed E-state index contributed by atoms with van der Waals surface area (Å²) in [5, 5.41) is 2.75. The minimum absolute atomic E-state index is 0.0932. The van der Waals surface area contributed by atoms with Crippen LogP contribution in [0.3, 0.4) is 0 Å². The highest BCUT2D eigenvalue weighted by Gasteiger charge is 2.39. The number of anilines is 2. The number of nitrogens with zero attached hydrogens (tertiary/aromatic N) is 1. The normalized spacial score (nSPS) is 14.6. The topological polar surface area (TPSA) is 49.4 Å². The number of halogens is 4. The molecule has 4 nitrogen and oxygen atoms in total. The third-order valence-corrected chi connectivity index (χ3v) is 4.16. The first kappa shape index (κ1) is 16.8. The molecule has 2 amide bonds. The zero-order chi connectivity index (χ0) is 17.4. The Bertz CT molecular complexity index is 899. The van der Waals surface area contributed by atoms with E-state index in [4.69, 9.17) is 34.8 Å². The molecule has 0 atom stereocenters. The molecule has 0 aliphatic carbocycles. The standard InChI is InChI=1S/C16H8Cl3FN2O2/c17-8-2-1-3-9(6-8)21-14-13(19)15(23)22(16(14)24)10-4-5-12(20)11(18)7-10/h1-7,21H.